The summed E-state index contributed by atoms with van der Waals surface area (Å²) in [6.07, 6.45) is 4.01. The average molecular weight is 405 g/mol. The van der Waals surface area contributed by atoms with Crippen molar-refractivity contribution in [1.29, 1.82) is 0 Å². The van der Waals surface area contributed by atoms with Gasteiger partial charge in [-0.15, -0.1) is 0 Å². The van der Waals surface area contributed by atoms with E-state index in [9.17, 15) is 9.59 Å². The number of rotatable bonds is 4. The van der Waals surface area contributed by atoms with Gasteiger partial charge >= 0.3 is 0 Å². The van der Waals surface area contributed by atoms with Crippen LogP contribution < -0.4 is 11.3 Å². The van der Waals surface area contributed by atoms with E-state index in [1.807, 2.05) is 12.1 Å². The van der Waals surface area contributed by atoms with Crippen molar-refractivity contribution in [1.82, 2.24) is 29.6 Å². The lowest BCUT2D eigenvalue weighted by Gasteiger charge is -2.29. The van der Waals surface area contributed by atoms with E-state index >= 15 is 0 Å². The van der Waals surface area contributed by atoms with Crippen LogP contribution in [0.5, 0.6) is 0 Å². The first-order valence-electron chi connectivity index (χ1n) is 9.62. The van der Waals surface area contributed by atoms with E-state index in [4.69, 9.17) is 10.3 Å². The number of carbonyl (C=O) groups excluding carboxylic acids is 1. The monoisotopic (exact) mass is 405 g/mol. The van der Waals surface area contributed by atoms with Crippen molar-refractivity contribution < 1.29 is 9.32 Å². The standard InChI is InChI=1S/C20H19N7O3/c21-14-3-1-2-13(8-14)18-24-20(30-25-18)15-10-22-27-16(9-17(29)23-19(15)27)12-4-6-26(11-28)7-5-12/h1-3,8-12H,4-7,21H2,(H,23,29). The fraction of sp³-hybridized carbons (Fsp3) is 0.250. The first kappa shape index (κ1) is 18.1. The second kappa shape index (κ2) is 7.14. The summed E-state index contributed by atoms with van der Waals surface area (Å²) in [5, 5.41) is 8.50. The molecule has 5 rings (SSSR count). The largest absolute Gasteiger partial charge is 0.399 e. The maximum absolute atomic E-state index is 12.4. The van der Waals surface area contributed by atoms with Crippen LogP contribution in [0.2, 0.25) is 0 Å². The Kier molecular flexibility index (Phi) is 4.31. The molecule has 1 amide bonds. The molecular formula is C20H19N7O3. The number of anilines is 1. The van der Waals surface area contributed by atoms with Crippen LogP contribution in [0.1, 0.15) is 24.5 Å². The van der Waals surface area contributed by atoms with Crippen LogP contribution in [0.4, 0.5) is 5.69 Å². The summed E-state index contributed by atoms with van der Waals surface area (Å²) < 4.78 is 7.15. The molecule has 1 fully saturated rings. The molecule has 4 aromatic rings. The van der Waals surface area contributed by atoms with Crippen molar-refractivity contribution in [2.75, 3.05) is 18.8 Å². The minimum absolute atomic E-state index is 0.129. The van der Waals surface area contributed by atoms with Crippen LogP contribution in [0.15, 0.2) is 45.8 Å². The highest BCUT2D eigenvalue weighted by Crippen LogP contribution is 2.30. The van der Waals surface area contributed by atoms with E-state index in [1.165, 1.54) is 0 Å². The summed E-state index contributed by atoms with van der Waals surface area (Å²) >= 11 is 0. The first-order chi connectivity index (χ1) is 14.6. The summed E-state index contributed by atoms with van der Waals surface area (Å²) in [5.41, 5.74) is 8.79. The number of amides is 1. The predicted octanol–water partition coefficient (Wildman–Crippen LogP) is 1.66. The molecule has 1 aliphatic heterocycles. The average Bonchev–Trinajstić information content (AvgIpc) is 3.40. The van der Waals surface area contributed by atoms with Gasteiger partial charge in [-0.1, -0.05) is 17.3 Å². The first-order valence-corrected chi connectivity index (χ1v) is 9.62. The molecule has 3 N–H and O–H groups in total. The molecule has 1 saturated heterocycles. The normalized spacial score (nSPS) is 15.0. The minimum atomic E-state index is -0.229. The molecule has 3 aromatic heterocycles. The Balaban J connectivity index is 1.54. The van der Waals surface area contributed by atoms with Gasteiger partial charge in [-0.05, 0) is 25.0 Å². The number of aromatic amines is 1. The van der Waals surface area contributed by atoms with Crippen LogP contribution in [-0.4, -0.2) is 49.1 Å². The quantitative estimate of drug-likeness (QED) is 0.389. The van der Waals surface area contributed by atoms with Gasteiger partial charge in [0.2, 0.25) is 12.2 Å². The number of nitrogens with zero attached hydrogens (tertiary/aromatic N) is 5. The molecule has 0 radical (unpaired) electrons. The highest BCUT2D eigenvalue weighted by Gasteiger charge is 2.24. The highest BCUT2D eigenvalue weighted by molar-refractivity contribution is 5.72. The Labute approximate surface area is 170 Å². The Bertz CT molecular complexity index is 1280. The summed E-state index contributed by atoms with van der Waals surface area (Å²) in [4.78, 5) is 32.4. The van der Waals surface area contributed by atoms with Crippen molar-refractivity contribution in [3.05, 3.63) is 52.6 Å². The number of hydrogen-bond acceptors (Lipinski definition) is 7. The van der Waals surface area contributed by atoms with Gasteiger partial charge < -0.3 is 20.1 Å². The second-order valence-corrected chi connectivity index (χ2v) is 7.34. The van der Waals surface area contributed by atoms with E-state index in [1.54, 1.807) is 33.8 Å². The molecule has 1 aliphatic rings. The lowest BCUT2D eigenvalue weighted by atomic mass is 9.93. The van der Waals surface area contributed by atoms with E-state index in [0.29, 0.717) is 35.8 Å². The lowest BCUT2D eigenvalue weighted by molar-refractivity contribution is -0.119. The van der Waals surface area contributed by atoms with E-state index in [2.05, 4.69) is 20.2 Å². The molecule has 10 heteroatoms. The van der Waals surface area contributed by atoms with Gasteiger partial charge in [0.1, 0.15) is 11.2 Å². The number of piperidine rings is 1. The zero-order valence-electron chi connectivity index (χ0n) is 16.0. The Morgan fingerprint density at radius 1 is 1.23 bits per heavy atom. The van der Waals surface area contributed by atoms with E-state index in [0.717, 1.165) is 30.5 Å². The summed E-state index contributed by atoms with van der Waals surface area (Å²) in [5.74, 6) is 0.784. The van der Waals surface area contributed by atoms with Gasteiger partial charge in [0.25, 0.3) is 11.4 Å². The number of carbonyl (C=O) groups is 1. The predicted molar refractivity (Wildman–Crippen MR) is 109 cm³/mol. The van der Waals surface area contributed by atoms with Gasteiger partial charge in [0.15, 0.2) is 0 Å². The summed E-state index contributed by atoms with van der Waals surface area (Å²) in [6.45, 7) is 1.31. The topological polar surface area (TPSA) is 135 Å². The van der Waals surface area contributed by atoms with Crippen molar-refractivity contribution in [2.45, 2.75) is 18.8 Å². The Hall–Kier alpha value is -3.95. The zero-order chi connectivity index (χ0) is 20.7. The Morgan fingerprint density at radius 2 is 2.07 bits per heavy atom. The van der Waals surface area contributed by atoms with E-state index in [-0.39, 0.29) is 17.4 Å². The molecule has 0 saturated carbocycles. The van der Waals surface area contributed by atoms with Crippen molar-refractivity contribution in [2.24, 2.45) is 0 Å². The molecule has 0 bridgehead atoms. The molecule has 0 unspecified atom stereocenters. The molecule has 10 nitrogen and oxygen atoms in total. The van der Waals surface area contributed by atoms with Gasteiger partial charge in [-0.3, -0.25) is 9.59 Å². The number of hydrogen-bond donors (Lipinski definition) is 2. The minimum Gasteiger partial charge on any atom is -0.399 e. The third-order valence-electron chi connectivity index (χ3n) is 5.43. The maximum Gasteiger partial charge on any atom is 0.263 e. The zero-order valence-corrected chi connectivity index (χ0v) is 16.0. The molecule has 152 valence electrons. The SMILES string of the molecule is Nc1cccc(-c2noc(-c3cnn4c(C5CCN(C=O)CC5)cc(=O)[nH]c34)n2)c1. The number of benzene rings is 1. The number of aromatic nitrogens is 5. The van der Waals surface area contributed by atoms with Crippen molar-refractivity contribution in [3.63, 3.8) is 0 Å². The number of nitrogens with two attached hydrogens (primary N) is 1. The fourth-order valence-corrected chi connectivity index (χ4v) is 3.89. The lowest BCUT2D eigenvalue weighted by Crippen LogP contribution is -2.32. The number of likely N-dealkylation sites (tertiary alicyclic amines) is 1. The van der Waals surface area contributed by atoms with Crippen LogP contribution in [-0.2, 0) is 4.79 Å². The molecule has 0 spiro atoms. The third-order valence-corrected chi connectivity index (χ3v) is 5.43. The number of nitrogen functional groups attached to an aromatic ring is 1. The van der Waals surface area contributed by atoms with Gasteiger partial charge in [-0.25, -0.2) is 4.52 Å². The van der Waals surface area contributed by atoms with Gasteiger partial charge in [0, 0.05) is 36.3 Å². The van der Waals surface area contributed by atoms with Crippen LogP contribution in [0, 0.1) is 0 Å². The summed E-state index contributed by atoms with van der Waals surface area (Å²) in [6, 6.07) is 8.76. The van der Waals surface area contributed by atoms with Crippen molar-refractivity contribution in [3.8, 4) is 22.8 Å². The number of fused-ring (bicyclic) bond motifs is 1. The molecule has 0 aliphatic carbocycles. The maximum atomic E-state index is 12.4. The molecule has 4 heterocycles. The smallest absolute Gasteiger partial charge is 0.263 e. The van der Waals surface area contributed by atoms with Crippen LogP contribution in [0.3, 0.4) is 0 Å². The number of H-pyrrole nitrogens is 1. The molecule has 0 atom stereocenters. The van der Waals surface area contributed by atoms with E-state index < -0.39 is 0 Å². The molecule has 30 heavy (non-hydrogen) atoms. The number of nitrogens with one attached hydrogen (secondary N) is 1. The Morgan fingerprint density at radius 3 is 2.83 bits per heavy atom. The summed E-state index contributed by atoms with van der Waals surface area (Å²) in [7, 11) is 0. The fourth-order valence-electron chi connectivity index (χ4n) is 3.89. The van der Waals surface area contributed by atoms with Gasteiger partial charge in [-0.2, -0.15) is 10.1 Å². The second-order valence-electron chi connectivity index (χ2n) is 7.34. The van der Waals surface area contributed by atoms with Gasteiger partial charge in [0.05, 0.1) is 11.9 Å². The highest BCUT2D eigenvalue weighted by atomic mass is 16.5. The third kappa shape index (κ3) is 3.11. The van der Waals surface area contributed by atoms with Crippen molar-refractivity contribution >= 4 is 17.7 Å². The molecular weight excluding hydrogens is 386 g/mol. The molecule has 1 aromatic carbocycles. The van der Waals surface area contributed by atoms with Crippen LogP contribution in [0.25, 0.3) is 28.5 Å². The van der Waals surface area contributed by atoms with Crippen LogP contribution >= 0.6 is 0 Å².